The zero-order valence-electron chi connectivity index (χ0n) is 9.36. The smallest absolute Gasteiger partial charge is 0.241 e. The molecule has 0 bridgehead atoms. The number of rotatable bonds is 5. The highest BCUT2D eigenvalue weighted by Gasteiger charge is 2.10. The molecule has 1 rings (SSSR count). The fraction of sp³-hybridized carbons (Fsp3) is 0.600. The molecule has 1 heterocycles. The van der Waals surface area contributed by atoms with Gasteiger partial charge in [-0.1, -0.05) is 20.8 Å². The summed E-state index contributed by atoms with van der Waals surface area (Å²) in [4.78, 5) is 8.15. The van der Waals surface area contributed by atoms with Crippen molar-refractivity contribution >= 4 is 17.4 Å². The number of anilines is 1. The van der Waals surface area contributed by atoms with Crippen molar-refractivity contribution in [1.29, 1.82) is 0 Å². The summed E-state index contributed by atoms with van der Waals surface area (Å²) in [5.74, 6) is 0.495. The zero-order valence-corrected chi connectivity index (χ0v) is 10.2. The molecule has 1 aromatic heterocycles. The van der Waals surface area contributed by atoms with Gasteiger partial charge in [0.15, 0.2) is 0 Å². The molecule has 0 atom stereocenters. The van der Waals surface area contributed by atoms with Crippen LogP contribution in [0, 0.1) is 0 Å². The third-order valence-corrected chi connectivity index (χ3v) is 2.62. The average molecular weight is 227 g/mol. The molecule has 1 aromatic rings. The molecule has 0 fully saturated rings. The lowest BCUT2D eigenvalue weighted by atomic mass is 10.5. The molecule has 0 aliphatic rings. The zero-order chi connectivity index (χ0) is 11.3. The van der Waals surface area contributed by atoms with Gasteiger partial charge in [-0.25, -0.2) is 4.98 Å². The van der Waals surface area contributed by atoms with Crippen LogP contribution < -0.4 is 10.5 Å². The van der Waals surface area contributed by atoms with Gasteiger partial charge in [-0.15, -0.1) is 11.8 Å². The molecule has 0 aliphatic carbocycles. The largest absolute Gasteiger partial charge is 0.476 e. The molecule has 84 valence electrons. The first kappa shape index (κ1) is 12.1. The molecule has 2 N–H and O–H groups in total. The van der Waals surface area contributed by atoms with Gasteiger partial charge in [-0.05, 0) is 6.42 Å². The van der Waals surface area contributed by atoms with Crippen molar-refractivity contribution in [2.75, 3.05) is 12.3 Å². The quantitative estimate of drug-likeness (QED) is 0.618. The van der Waals surface area contributed by atoms with E-state index in [0.29, 0.717) is 23.4 Å². The maximum atomic E-state index is 5.90. The molecule has 0 unspecified atom stereocenters. The lowest BCUT2D eigenvalue weighted by molar-refractivity contribution is 0.305. The maximum Gasteiger partial charge on any atom is 0.241 e. The Morgan fingerprint density at radius 1 is 1.47 bits per heavy atom. The highest BCUT2D eigenvalue weighted by Crippen LogP contribution is 2.30. The second kappa shape index (κ2) is 5.80. The van der Waals surface area contributed by atoms with E-state index in [1.54, 1.807) is 11.8 Å². The van der Waals surface area contributed by atoms with Gasteiger partial charge < -0.3 is 10.5 Å². The summed E-state index contributed by atoms with van der Waals surface area (Å²) in [6.07, 6.45) is 2.43. The van der Waals surface area contributed by atoms with Crippen molar-refractivity contribution in [2.24, 2.45) is 0 Å². The predicted molar refractivity (Wildman–Crippen MR) is 63.2 cm³/mol. The minimum atomic E-state index is 0.446. The second-order valence-electron chi connectivity index (χ2n) is 3.41. The number of aromatic nitrogens is 2. The van der Waals surface area contributed by atoms with Crippen molar-refractivity contribution in [2.45, 2.75) is 37.5 Å². The summed E-state index contributed by atoms with van der Waals surface area (Å²) >= 11 is 1.62. The second-order valence-corrected chi connectivity index (χ2v) is 4.98. The van der Waals surface area contributed by atoms with Crippen molar-refractivity contribution in [3.63, 3.8) is 0 Å². The third-order valence-electron chi connectivity index (χ3n) is 1.60. The SMILES string of the molecule is CCCOc1ncnc(SC(C)C)c1N. The van der Waals surface area contributed by atoms with Gasteiger partial charge in [0.05, 0.1) is 6.61 Å². The van der Waals surface area contributed by atoms with Crippen LogP contribution in [0.2, 0.25) is 0 Å². The summed E-state index contributed by atoms with van der Waals surface area (Å²) in [5.41, 5.74) is 6.45. The molecule has 4 nitrogen and oxygen atoms in total. The number of thioether (sulfide) groups is 1. The molecule has 0 saturated carbocycles. The number of nitrogen functional groups attached to an aromatic ring is 1. The van der Waals surface area contributed by atoms with Gasteiger partial charge in [-0.3, -0.25) is 0 Å². The Labute approximate surface area is 94.6 Å². The summed E-state index contributed by atoms with van der Waals surface area (Å²) in [6.45, 7) is 6.87. The topological polar surface area (TPSA) is 61.0 Å². The van der Waals surface area contributed by atoms with Crippen LogP contribution in [0.5, 0.6) is 5.88 Å². The van der Waals surface area contributed by atoms with Gasteiger partial charge >= 0.3 is 0 Å². The number of nitrogens with two attached hydrogens (primary N) is 1. The van der Waals surface area contributed by atoms with Crippen LogP contribution in [0.4, 0.5) is 5.69 Å². The molecule has 0 saturated heterocycles. The molecule has 0 amide bonds. The van der Waals surface area contributed by atoms with Crippen LogP contribution in [0.25, 0.3) is 0 Å². The van der Waals surface area contributed by atoms with Crippen LogP contribution in [0.3, 0.4) is 0 Å². The molecule has 15 heavy (non-hydrogen) atoms. The minimum absolute atomic E-state index is 0.446. The Bertz CT molecular complexity index is 318. The van der Waals surface area contributed by atoms with Crippen molar-refractivity contribution < 1.29 is 4.74 Å². The maximum absolute atomic E-state index is 5.90. The van der Waals surface area contributed by atoms with E-state index in [0.717, 1.165) is 11.4 Å². The van der Waals surface area contributed by atoms with E-state index in [4.69, 9.17) is 10.5 Å². The highest BCUT2D eigenvalue weighted by molar-refractivity contribution is 7.99. The lowest BCUT2D eigenvalue weighted by Crippen LogP contribution is -2.04. The molecule has 0 spiro atoms. The summed E-state index contributed by atoms with van der Waals surface area (Å²) < 4.78 is 5.42. The third kappa shape index (κ3) is 3.58. The van der Waals surface area contributed by atoms with E-state index in [-0.39, 0.29) is 0 Å². The number of ether oxygens (including phenoxy) is 1. The van der Waals surface area contributed by atoms with Gasteiger partial charge in [0.2, 0.25) is 5.88 Å². The standard InChI is InChI=1S/C10H17N3OS/c1-4-5-14-9-8(11)10(13-6-12-9)15-7(2)3/h6-7H,4-5,11H2,1-3H3. The highest BCUT2D eigenvalue weighted by atomic mass is 32.2. The molecule has 0 aromatic carbocycles. The molecule has 5 heteroatoms. The van der Waals surface area contributed by atoms with Crippen molar-refractivity contribution in [3.8, 4) is 5.88 Å². The predicted octanol–water partition coefficient (Wildman–Crippen LogP) is 2.35. The van der Waals surface area contributed by atoms with Crippen LogP contribution in [0.1, 0.15) is 27.2 Å². The average Bonchev–Trinajstić information content (AvgIpc) is 2.19. The first-order valence-corrected chi connectivity index (χ1v) is 5.93. The van der Waals surface area contributed by atoms with E-state index < -0.39 is 0 Å². The Hall–Kier alpha value is -0.970. The first-order chi connectivity index (χ1) is 7.15. The van der Waals surface area contributed by atoms with Crippen LogP contribution in [-0.2, 0) is 0 Å². The molecular weight excluding hydrogens is 210 g/mol. The fourth-order valence-electron chi connectivity index (χ4n) is 0.995. The van der Waals surface area contributed by atoms with Gasteiger partial charge in [0.1, 0.15) is 17.0 Å². The van der Waals surface area contributed by atoms with Crippen molar-refractivity contribution in [1.82, 2.24) is 9.97 Å². The summed E-state index contributed by atoms with van der Waals surface area (Å²) in [7, 11) is 0. The summed E-state index contributed by atoms with van der Waals surface area (Å²) in [6, 6.07) is 0. The monoisotopic (exact) mass is 227 g/mol. The van der Waals surface area contributed by atoms with E-state index in [1.807, 2.05) is 6.92 Å². The van der Waals surface area contributed by atoms with E-state index >= 15 is 0 Å². The molecule has 0 aliphatic heterocycles. The summed E-state index contributed by atoms with van der Waals surface area (Å²) in [5, 5.41) is 1.24. The Morgan fingerprint density at radius 3 is 2.80 bits per heavy atom. The Kier molecular flexibility index (Phi) is 4.68. The van der Waals surface area contributed by atoms with E-state index in [1.165, 1.54) is 6.33 Å². The number of hydrogen-bond acceptors (Lipinski definition) is 5. The van der Waals surface area contributed by atoms with E-state index in [9.17, 15) is 0 Å². The van der Waals surface area contributed by atoms with Crippen LogP contribution in [-0.4, -0.2) is 21.8 Å². The number of hydrogen-bond donors (Lipinski definition) is 1. The van der Waals surface area contributed by atoms with Gasteiger partial charge in [-0.2, -0.15) is 4.98 Å². The van der Waals surface area contributed by atoms with Gasteiger partial charge in [0, 0.05) is 5.25 Å². The molecule has 0 radical (unpaired) electrons. The lowest BCUT2D eigenvalue weighted by Gasteiger charge is -2.10. The first-order valence-electron chi connectivity index (χ1n) is 5.05. The van der Waals surface area contributed by atoms with Crippen LogP contribution >= 0.6 is 11.8 Å². The number of nitrogens with zero attached hydrogens (tertiary/aromatic N) is 2. The van der Waals surface area contributed by atoms with E-state index in [2.05, 4.69) is 23.8 Å². The Morgan fingerprint density at radius 2 is 2.20 bits per heavy atom. The Balaban J connectivity index is 2.80. The normalized spacial score (nSPS) is 10.7. The molecular formula is C10H17N3OS. The minimum Gasteiger partial charge on any atom is -0.476 e. The van der Waals surface area contributed by atoms with Crippen LogP contribution in [0.15, 0.2) is 11.4 Å². The van der Waals surface area contributed by atoms with Crippen molar-refractivity contribution in [3.05, 3.63) is 6.33 Å². The van der Waals surface area contributed by atoms with Gasteiger partial charge in [0.25, 0.3) is 0 Å². The fourth-order valence-corrected chi connectivity index (χ4v) is 1.76.